The molecule has 38 heavy (non-hydrogen) atoms. The van der Waals surface area contributed by atoms with Crippen LogP contribution < -0.4 is 4.90 Å². The van der Waals surface area contributed by atoms with E-state index < -0.39 is 17.7 Å². The van der Waals surface area contributed by atoms with Crippen LogP contribution in [0.3, 0.4) is 0 Å². The van der Waals surface area contributed by atoms with E-state index in [1.165, 1.54) is 5.06 Å². The number of thiophene rings is 1. The van der Waals surface area contributed by atoms with Gasteiger partial charge in [-0.25, -0.2) is 9.59 Å². The Morgan fingerprint density at radius 3 is 2.21 bits per heavy atom. The topological polar surface area (TPSA) is 96.4 Å². The van der Waals surface area contributed by atoms with Crippen molar-refractivity contribution in [1.29, 1.82) is 0 Å². The summed E-state index contributed by atoms with van der Waals surface area (Å²) in [5, 5.41) is 11.6. The number of benzene rings is 2. The highest BCUT2D eigenvalue weighted by molar-refractivity contribution is 7.18. The van der Waals surface area contributed by atoms with Gasteiger partial charge < -0.3 is 19.6 Å². The predicted molar refractivity (Wildman–Crippen MR) is 147 cm³/mol. The molecule has 0 atom stereocenters. The first-order valence-corrected chi connectivity index (χ1v) is 13.3. The van der Waals surface area contributed by atoms with Gasteiger partial charge in [-0.3, -0.25) is 4.79 Å². The van der Waals surface area contributed by atoms with Gasteiger partial charge in [0.1, 0.15) is 10.5 Å². The van der Waals surface area contributed by atoms with Crippen molar-refractivity contribution >= 4 is 35.1 Å². The minimum atomic E-state index is -1.08. The van der Waals surface area contributed by atoms with Crippen molar-refractivity contribution in [1.82, 2.24) is 5.06 Å². The largest absolute Gasteiger partial charge is 0.528 e. The lowest BCUT2D eigenvalue weighted by Crippen LogP contribution is -2.48. The van der Waals surface area contributed by atoms with Gasteiger partial charge in [-0.05, 0) is 64.3 Å². The fraction of sp³-hybridized carbons (Fsp3) is 0.345. The zero-order chi connectivity index (χ0) is 27.4. The molecule has 200 valence electrons. The standard InChI is InChI=1S/C29H32N2O6S/c1-19-10-12-21(13-11-19)26(32)31(22-14-16-30(17-15-22)37-28(35)36-29(2,3)4)23-18-24(38-25(23)27(33)34)20-8-6-5-7-9-20/h5-13,18,22H,14-17H2,1-4H3,(H,33,34). The second-order valence-electron chi connectivity index (χ2n) is 10.3. The van der Waals surface area contributed by atoms with E-state index in [-0.39, 0.29) is 16.8 Å². The van der Waals surface area contributed by atoms with E-state index in [2.05, 4.69) is 0 Å². The summed E-state index contributed by atoms with van der Waals surface area (Å²) in [6, 6.07) is 18.3. The monoisotopic (exact) mass is 536 g/mol. The molecule has 0 radical (unpaired) electrons. The van der Waals surface area contributed by atoms with Crippen LogP contribution in [0.4, 0.5) is 10.5 Å². The molecule has 2 aromatic carbocycles. The molecule has 2 heterocycles. The summed E-state index contributed by atoms with van der Waals surface area (Å²) in [6.45, 7) is 7.98. The Balaban J connectivity index is 1.64. The zero-order valence-corrected chi connectivity index (χ0v) is 22.8. The number of piperidine rings is 1. The highest BCUT2D eigenvalue weighted by Gasteiger charge is 2.35. The molecule has 1 aliphatic rings. The van der Waals surface area contributed by atoms with Gasteiger partial charge in [0.2, 0.25) is 0 Å². The molecule has 1 amide bonds. The fourth-order valence-electron chi connectivity index (χ4n) is 4.33. The Labute approximate surface area is 226 Å². The van der Waals surface area contributed by atoms with E-state index in [1.807, 2.05) is 49.4 Å². The highest BCUT2D eigenvalue weighted by atomic mass is 32.1. The Hall–Kier alpha value is -3.69. The summed E-state index contributed by atoms with van der Waals surface area (Å²) >= 11 is 1.15. The summed E-state index contributed by atoms with van der Waals surface area (Å²) in [4.78, 5) is 46.2. The highest BCUT2D eigenvalue weighted by Crippen LogP contribution is 2.39. The molecule has 1 saturated heterocycles. The summed E-state index contributed by atoms with van der Waals surface area (Å²) in [5.41, 5.74) is 2.09. The Morgan fingerprint density at radius 1 is 1.00 bits per heavy atom. The number of amides is 1. The van der Waals surface area contributed by atoms with Gasteiger partial charge >= 0.3 is 12.1 Å². The van der Waals surface area contributed by atoms with Crippen molar-refractivity contribution in [2.45, 2.75) is 52.2 Å². The van der Waals surface area contributed by atoms with Gasteiger partial charge in [0.05, 0.1) is 5.69 Å². The van der Waals surface area contributed by atoms with Crippen LogP contribution in [0, 0.1) is 6.92 Å². The van der Waals surface area contributed by atoms with Crippen molar-refractivity contribution < 1.29 is 29.1 Å². The lowest BCUT2D eigenvalue weighted by Gasteiger charge is -2.37. The van der Waals surface area contributed by atoms with E-state index in [1.54, 1.807) is 43.9 Å². The molecule has 1 aliphatic heterocycles. The molecule has 4 rings (SSSR count). The first-order chi connectivity index (χ1) is 18.0. The lowest BCUT2D eigenvalue weighted by molar-refractivity contribution is -0.151. The number of aromatic carboxylic acids is 1. The number of nitrogens with zero attached hydrogens (tertiary/aromatic N) is 2. The van der Waals surface area contributed by atoms with E-state index >= 15 is 0 Å². The number of carbonyl (C=O) groups excluding carboxylic acids is 2. The van der Waals surface area contributed by atoms with Crippen LogP contribution in [-0.4, -0.2) is 52.9 Å². The summed E-state index contributed by atoms with van der Waals surface area (Å²) < 4.78 is 5.25. The second-order valence-corrected chi connectivity index (χ2v) is 11.3. The van der Waals surface area contributed by atoms with Crippen molar-refractivity contribution in [3.8, 4) is 10.4 Å². The van der Waals surface area contributed by atoms with Crippen LogP contribution in [0.15, 0.2) is 60.7 Å². The summed E-state index contributed by atoms with van der Waals surface area (Å²) in [5.74, 6) is -1.35. The number of carboxylic acids is 1. The molecule has 9 heteroatoms. The molecule has 1 aromatic heterocycles. The van der Waals surface area contributed by atoms with E-state index in [0.717, 1.165) is 27.3 Å². The minimum absolute atomic E-state index is 0.108. The maximum atomic E-state index is 13.9. The third-order valence-electron chi connectivity index (χ3n) is 6.12. The Morgan fingerprint density at radius 2 is 1.63 bits per heavy atom. The van der Waals surface area contributed by atoms with Gasteiger partial charge in [0.25, 0.3) is 5.91 Å². The maximum Gasteiger partial charge on any atom is 0.528 e. The average Bonchev–Trinajstić information content (AvgIpc) is 3.30. The predicted octanol–water partition coefficient (Wildman–Crippen LogP) is 6.40. The molecule has 0 unspecified atom stereocenters. The molecule has 0 bridgehead atoms. The third-order valence-corrected chi connectivity index (χ3v) is 7.28. The van der Waals surface area contributed by atoms with Crippen LogP contribution in [0.5, 0.6) is 0 Å². The van der Waals surface area contributed by atoms with Crippen molar-refractivity contribution in [3.63, 3.8) is 0 Å². The van der Waals surface area contributed by atoms with E-state index in [0.29, 0.717) is 37.2 Å². The van der Waals surface area contributed by atoms with Gasteiger partial charge in [-0.15, -0.1) is 16.4 Å². The zero-order valence-electron chi connectivity index (χ0n) is 22.0. The average molecular weight is 537 g/mol. The molecule has 0 spiro atoms. The van der Waals surface area contributed by atoms with Crippen LogP contribution in [0.1, 0.15) is 59.2 Å². The molecule has 0 saturated carbocycles. The number of anilines is 1. The SMILES string of the molecule is Cc1ccc(C(=O)N(c2cc(-c3ccccc3)sc2C(=O)O)C2CCN(OC(=O)OC(C)(C)C)CC2)cc1. The van der Waals surface area contributed by atoms with E-state index in [9.17, 15) is 19.5 Å². The number of rotatable bonds is 6. The lowest BCUT2D eigenvalue weighted by atomic mass is 10.0. The molecule has 1 fully saturated rings. The quantitative estimate of drug-likeness (QED) is 0.364. The third kappa shape index (κ3) is 6.59. The number of hydrogen-bond donors (Lipinski definition) is 1. The van der Waals surface area contributed by atoms with Crippen molar-refractivity contribution in [2.75, 3.05) is 18.0 Å². The minimum Gasteiger partial charge on any atom is -0.477 e. The van der Waals surface area contributed by atoms with Gasteiger partial charge in [0, 0.05) is 29.6 Å². The smallest absolute Gasteiger partial charge is 0.477 e. The van der Waals surface area contributed by atoms with Gasteiger partial charge in [-0.2, -0.15) is 0 Å². The first-order valence-electron chi connectivity index (χ1n) is 12.5. The van der Waals surface area contributed by atoms with E-state index in [4.69, 9.17) is 9.57 Å². The van der Waals surface area contributed by atoms with Crippen molar-refractivity contribution in [2.24, 2.45) is 0 Å². The summed E-state index contributed by atoms with van der Waals surface area (Å²) in [6.07, 6.45) is 0.188. The maximum absolute atomic E-state index is 13.9. The van der Waals surface area contributed by atoms with Crippen LogP contribution in [0.25, 0.3) is 10.4 Å². The molecular weight excluding hydrogens is 504 g/mol. The molecule has 1 N–H and O–H groups in total. The Bertz CT molecular complexity index is 1290. The Kier molecular flexibility index (Phi) is 8.18. The van der Waals surface area contributed by atoms with Crippen LogP contribution in [-0.2, 0) is 9.57 Å². The first kappa shape index (κ1) is 27.3. The number of hydrogen-bond acceptors (Lipinski definition) is 7. The van der Waals surface area contributed by atoms with Crippen LogP contribution in [0.2, 0.25) is 0 Å². The number of ether oxygens (including phenoxy) is 1. The number of carbonyl (C=O) groups is 3. The number of hydroxylamine groups is 2. The molecule has 8 nitrogen and oxygen atoms in total. The second kappa shape index (κ2) is 11.4. The summed E-state index contributed by atoms with van der Waals surface area (Å²) in [7, 11) is 0. The molecular formula is C29H32N2O6S. The van der Waals surface area contributed by atoms with Gasteiger partial charge in [-0.1, -0.05) is 48.0 Å². The fourth-order valence-corrected chi connectivity index (χ4v) is 5.32. The molecule has 3 aromatic rings. The number of carboxylic acid groups (broad SMARTS) is 1. The van der Waals surface area contributed by atoms with Gasteiger partial charge in [0.15, 0.2) is 0 Å². The van der Waals surface area contributed by atoms with Crippen LogP contribution >= 0.6 is 11.3 Å². The normalized spacial score (nSPS) is 14.6. The number of aryl methyl sites for hydroxylation is 1. The molecule has 0 aliphatic carbocycles. The van der Waals surface area contributed by atoms with Crippen molar-refractivity contribution in [3.05, 3.63) is 76.7 Å².